The summed E-state index contributed by atoms with van der Waals surface area (Å²) in [6, 6.07) is 7.63. The Hall–Kier alpha value is -1.82. The maximum atomic E-state index is 11.4. The Morgan fingerprint density at radius 1 is 1.39 bits per heavy atom. The van der Waals surface area contributed by atoms with Gasteiger partial charge >= 0.3 is 11.9 Å². The summed E-state index contributed by atoms with van der Waals surface area (Å²) in [7, 11) is 0. The van der Waals surface area contributed by atoms with E-state index in [9.17, 15) is 4.79 Å². The molecule has 6 heteroatoms. The van der Waals surface area contributed by atoms with Gasteiger partial charge in [-0.15, -0.1) is 22.0 Å². The van der Waals surface area contributed by atoms with Crippen LogP contribution < -0.4 is 0 Å². The second-order valence-corrected chi connectivity index (χ2v) is 4.18. The lowest BCUT2D eigenvalue weighted by atomic mass is 10.2. The molecule has 0 spiro atoms. The molecule has 0 saturated heterocycles. The molecule has 0 atom stereocenters. The molecule has 2 rings (SSSR count). The summed E-state index contributed by atoms with van der Waals surface area (Å²) in [5, 5.41) is 7.55. The maximum Gasteiger partial charge on any atom is 0.396 e. The van der Waals surface area contributed by atoms with E-state index >= 15 is 0 Å². The highest BCUT2D eigenvalue weighted by Gasteiger charge is 2.18. The Bertz CT molecular complexity index is 554. The number of carbonyl (C=O) groups is 1. The highest BCUT2D eigenvalue weighted by molar-refractivity contribution is 7.98. The molecule has 0 radical (unpaired) electrons. The van der Waals surface area contributed by atoms with E-state index in [4.69, 9.17) is 9.15 Å². The molecule has 0 bridgehead atoms. The monoisotopic (exact) mass is 264 g/mol. The molecule has 0 amide bonds. The number of aromatic nitrogens is 2. The van der Waals surface area contributed by atoms with Crippen LogP contribution in [0.2, 0.25) is 0 Å². The molecule has 5 nitrogen and oxygen atoms in total. The molecule has 1 heterocycles. The first-order valence-corrected chi connectivity index (χ1v) is 6.62. The van der Waals surface area contributed by atoms with Crippen molar-refractivity contribution in [3.8, 4) is 11.5 Å². The van der Waals surface area contributed by atoms with Gasteiger partial charge in [-0.25, -0.2) is 4.79 Å². The number of esters is 1. The Morgan fingerprint density at radius 3 is 2.89 bits per heavy atom. The van der Waals surface area contributed by atoms with Gasteiger partial charge in [-0.2, -0.15) is 0 Å². The van der Waals surface area contributed by atoms with Gasteiger partial charge in [0.1, 0.15) is 0 Å². The van der Waals surface area contributed by atoms with Gasteiger partial charge in [0.15, 0.2) is 0 Å². The van der Waals surface area contributed by atoms with Gasteiger partial charge in [-0.05, 0) is 25.3 Å². The van der Waals surface area contributed by atoms with Crippen molar-refractivity contribution in [1.29, 1.82) is 0 Å². The maximum absolute atomic E-state index is 11.4. The van der Waals surface area contributed by atoms with Gasteiger partial charge in [0, 0.05) is 4.90 Å². The van der Waals surface area contributed by atoms with Crippen molar-refractivity contribution in [2.24, 2.45) is 0 Å². The summed E-state index contributed by atoms with van der Waals surface area (Å²) < 4.78 is 10.1. The Balaban J connectivity index is 2.32. The van der Waals surface area contributed by atoms with Crippen LogP contribution in [0, 0.1) is 0 Å². The minimum Gasteiger partial charge on any atom is -0.459 e. The summed E-state index contributed by atoms with van der Waals surface area (Å²) in [5.41, 5.74) is 0.813. The fourth-order valence-electron chi connectivity index (χ4n) is 1.43. The zero-order valence-electron chi connectivity index (χ0n) is 10.0. The summed E-state index contributed by atoms with van der Waals surface area (Å²) in [5.74, 6) is -0.399. The Kier molecular flexibility index (Phi) is 3.99. The minimum atomic E-state index is -0.599. The SMILES string of the molecule is CCOC(=O)c1nnc(-c2ccccc2SC)o1. The number of rotatable bonds is 4. The molecule has 0 saturated carbocycles. The van der Waals surface area contributed by atoms with Gasteiger partial charge in [0.25, 0.3) is 0 Å². The van der Waals surface area contributed by atoms with Crippen molar-refractivity contribution in [2.45, 2.75) is 11.8 Å². The number of carbonyl (C=O) groups excluding carboxylic acids is 1. The molecular weight excluding hydrogens is 252 g/mol. The van der Waals surface area contributed by atoms with Crippen LogP contribution in [0.5, 0.6) is 0 Å². The van der Waals surface area contributed by atoms with Crippen molar-refractivity contribution < 1.29 is 13.9 Å². The normalized spacial score (nSPS) is 10.3. The number of benzene rings is 1. The van der Waals surface area contributed by atoms with Crippen LogP contribution in [0.1, 0.15) is 17.6 Å². The lowest BCUT2D eigenvalue weighted by Gasteiger charge is -2.01. The lowest BCUT2D eigenvalue weighted by Crippen LogP contribution is -2.04. The molecular formula is C12H12N2O3S. The van der Waals surface area contributed by atoms with Crippen LogP contribution >= 0.6 is 11.8 Å². The molecule has 0 aliphatic rings. The van der Waals surface area contributed by atoms with Crippen LogP contribution in [-0.2, 0) is 4.74 Å². The van der Waals surface area contributed by atoms with Crippen molar-refractivity contribution in [1.82, 2.24) is 10.2 Å². The van der Waals surface area contributed by atoms with Crippen molar-refractivity contribution in [2.75, 3.05) is 12.9 Å². The first kappa shape index (κ1) is 12.6. The van der Waals surface area contributed by atoms with E-state index in [-0.39, 0.29) is 12.5 Å². The van der Waals surface area contributed by atoms with E-state index in [0.29, 0.717) is 5.89 Å². The van der Waals surface area contributed by atoms with Crippen LogP contribution in [0.4, 0.5) is 0 Å². The number of nitrogens with zero attached hydrogens (tertiary/aromatic N) is 2. The second kappa shape index (κ2) is 5.68. The van der Waals surface area contributed by atoms with E-state index in [0.717, 1.165) is 10.5 Å². The van der Waals surface area contributed by atoms with E-state index < -0.39 is 5.97 Å². The quantitative estimate of drug-likeness (QED) is 0.624. The fourth-order valence-corrected chi connectivity index (χ4v) is 2.02. The van der Waals surface area contributed by atoms with Crippen molar-refractivity contribution in [3.63, 3.8) is 0 Å². The fraction of sp³-hybridized carbons (Fsp3) is 0.250. The van der Waals surface area contributed by atoms with E-state index in [1.165, 1.54) is 0 Å². The van der Waals surface area contributed by atoms with Crippen LogP contribution in [0.3, 0.4) is 0 Å². The van der Waals surface area contributed by atoms with Gasteiger partial charge in [0.05, 0.1) is 12.2 Å². The Labute approximate surface area is 109 Å². The van der Waals surface area contributed by atoms with Crippen molar-refractivity contribution in [3.05, 3.63) is 30.2 Å². The molecule has 0 unspecified atom stereocenters. The van der Waals surface area contributed by atoms with Crippen molar-refractivity contribution >= 4 is 17.7 Å². The van der Waals surface area contributed by atoms with Gasteiger partial charge in [0.2, 0.25) is 5.89 Å². The van der Waals surface area contributed by atoms with Gasteiger partial charge < -0.3 is 9.15 Å². The summed E-state index contributed by atoms with van der Waals surface area (Å²) in [6.07, 6.45) is 1.96. The smallest absolute Gasteiger partial charge is 0.396 e. The predicted octanol–water partition coefficient (Wildman–Crippen LogP) is 2.64. The van der Waals surface area contributed by atoms with Crippen LogP contribution in [0.15, 0.2) is 33.6 Å². The number of thioether (sulfide) groups is 1. The molecule has 0 aliphatic heterocycles. The first-order valence-electron chi connectivity index (χ1n) is 5.40. The van der Waals surface area contributed by atoms with Crippen LogP contribution in [-0.4, -0.2) is 29.0 Å². The number of hydrogen-bond acceptors (Lipinski definition) is 6. The summed E-state index contributed by atoms with van der Waals surface area (Å²) >= 11 is 1.57. The lowest BCUT2D eigenvalue weighted by molar-refractivity contribution is 0.0481. The molecule has 1 aromatic heterocycles. The highest BCUT2D eigenvalue weighted by Crippen LogP contribution is 2.28. The molecule has 1 aromatic carbocycles. The molecule has 0 N–H and O–H groups in total. The van der Waals surface area contributed by atoms with E-state index in [1.54, 1.807) is 18.7 Å². The molecule has 2 aromatic rings. The van der Waals surface area contributed by atoms with Gasteiger partial charge in [-0.3, -0.25) is 0 Å². The molecule has 18 heavy (non-hydrogen) atoms. The standard InChI is InChI=1S/C12H12N2O3S/c1-3-16-12(15)11-14-13-10(17-11)8-6-4-5-7-9(8)18-2/h4-7H,3H2,1-2H3. The third-order valence-electron chi connectivity index (χ3n) is 2.21. The predicted molar refractivity (Wildman–Crippen MR) is 67.5 cm³/mol. The average molecular weight is 264 g/mol. The highest BCUT2D eigenvalue weighted by atomic mass is 32.2. The number of ether oxygens (including phenoxy) is 1. The topological polar surface area (TPSA) is 65.2 Å². The summed E-state index contributed by atoms with van der Waals surface area (Å²) in [6.45, 7) is 2.00. The number of hydrogen-bond donors (Lipinski definition) is 0. The second-order valence-electron chi connectivity index (χ2n) is 3.33. The van der Waals surface area contributed by atoms with Gasteiger partial charge in [-0.1, -0.05) is 12.1 Å². The van der Waals surface area contributed by atoms with Crippen LogP contribution in [0.25, 0.3) is 11.5 Å². The molecule has 94 valence electrons. The minimum absolute atomic E-state index is 0.122. The average Bonchev–Trinajstić information content (AvgIpc) is 2.88. The zero-order valence-corrected chi connectivity index (χ0v) is 10.9. The third-order valence-corrected chi connectivity index (χ3v) is 3.01. The first-order chi connectivity index (χ1) is 8.76. The molecule has 0 aliphatic carbocycles. The Morgan fingerprint density at radius 2 is 2.17 bits per heavy atom. The molecule has 0 fully saturated rings. The largest absolute Gasteiger partial charge is 0.459 e. The summed E-state index contributed by atoms with van der Waals surface area (Å²) in [4.78, 5) is 12.4. The third kappa shape index (κ3) is 2.53. The van der Waals surface area contributed by atoms with E-state index in [1.807, 2.05) is 30.5 Å². The zero-order chi connectivity index (χ0) is 13.0. The van der Waals surface area contributed by atoms with E-state index in [2.05, 4.69) is 10.2 Å².